The van der Waals surface area contributed by atoms with Gasteiger partial charge in [-0.3, -0.25) is 9.36 Å². The molecule has 1 unspecified atom stereocenters. The Hall–Kier alpha value is -4.38. The van der Waals surface area contributed by atoms with Crippen LogP contribution in [-0.2, 0) is 24.2 Å². The molecule has 0 saturated heterocycles. The van der Waals surface area contributed by atoms with Crippen LogP contribution in [0.5, 0.6) is 0 Å². The first-order chi connectivity index (χ1) is 19.0. The van der Waals surface area contributed by atoms with Gasteiger partial charge in [0.1, 0.15) is 12.1 Å². The molecule has 3 heterocycles. The Bertz CT molecular complexity index is 1700. The monoisotopic (exact) mass is 528 g/mol. The van der Waals surface area contributed by atoms with Crippen molar-refractivity contribution in [3.05, 3.63) is 80.8 Å². The number of hydrogen-bond acceptors (Lipinski definition) is 7. The van der Waals surface area contributed by atoms with Crippen LogP contribution in [0.4, 0.5) is 0 Å². The summed E-state index contributed by atoms with van der Waals surface area (Å²) >= 11 is 0. The lowest BCUT2D eigenvalue weighted by Crippen LogP contribution is -2.42. The number of aromatic nitrogens is 8. The Morgan fingerprint density at radius 1 is 1.00 bits per heavy atom. The minimum Gasteiger partial charge on any atom is -0.361 e. The second-order valence-electron chi connectivity index (χ2n) is 9.42. The van der Waals surface area contributed by atoms with Gasteiger partial charge in [0.2, 0.25) is 0 Å². The van der Waals surface area contributed by atoms with Crippen LogP contribution in [0.15, 0.2) is 58.1 Å². The Kier molecular flexibility index (Phi) is 7.51. The number of rotatable bonds is 10. The van der Waals surface area contributed by atoms with E-state index in [2.05, 4.69) is 39.7 Å². The number of methoxy groups -OCH3 is 1. The maximum atomic E-state index is 13.7. The van der Waals surface area contributed by atoms with Crippen LogP contribution in [0.2, 0.25) is 0 Å². The Morgan fingerprint density at radius 2 is 1.74 bits per heavy atom. The average Bonchev–Trinajstić information content (AvgIpc) is 3.61. The second-order valence-corrected chi connectivity index (χ2v) is 9.42. The molecule has 0 aliphatic rings. The van der Waals surface area contributed by atoms with E-state index in [1.54, 1.807) is 11.5 Å². The van der Waals surface area contributed by atoms with E-state index in [1.165, 1.54) is 11.7 Å². The molecule has 11 heteroatoms. The van der Waals surface area contributed by atoms with Gasteiger partial charge in [-0.15, -0.1) is 5.10 Å². The van der Waals surface area contributed by atoms with Crippen molar-refractivity contribution in [1.29, 1.82) is 0 Å². The quantitative estimate of drug-likeness (QED) is 0.292. The smallest absolute Gasteiger partial charge is 0.334 e. The summed E-state index contributed by atoms with van der Waals surface area (Å²) < 4.78 is 10.1. The van der Waals surface area contributed by atoms with E-state index >= 15 is 0 Å². The van der Waals surface area contributed by atoms with E-state index in [-0.39, 0.29) is 0 Å². The highest BCUT2D eigenvalue weighted by atomic mass is 16.5. The normalized spacial score (nSPS) is 12.3. The van der Waals surface area contributed by atoms with Gasteiger partial charge in [0.05, 0.1) is 0 Å². The summed E-state index contributed by atoms with van der Waals surface area (Å²) in [6.45, 7) is 6.53. The van der Waals surface area contributed by atoms with Gasteiger partial charge < -0.3 is 9.30 Å². The highest BCUT2D eigenvalue weighted by Crippen LogP contribution is 2.30. The molecule has 39 heavy (non-hydrogen) atoms. The lowest BCUT2D eigenvalue weighted by molar-refractivity contribution is 0.0531. The summed E-state index contributed by atoms with van der Waals surface area (Å²) in [7, 11) is 1.49. The van der Waals surface area contributed by atoms with E-state index in [9.17, 15) is 9.59 Å². The number of imidazole rings is 1. The van der Waals surface area contributed by atoms with Crippen molar-refractivity contribution in [2.45, 2.75) is 59.4 Å². The fraction of sp³-hybridized carbons (Fsp3) is 0.357. The van der Waals surface area contributed by atoms with E-state index in [0.717, 1.165) is 40.9 Å². The van der Waals surface area contributed by atoms with E-state index < -0.39 is 17.5 Å². The van der Waals surface area contributed by atoms with Crippen molar-refractivity contribution in [2.75, 3.05) is 7.11 Å². The SMILES string of the molecule is CCCCc1nc2c(c(=O)n(C(C)OC)c(=O)n2CC)n1Cc1ccc(-c2ccccc2-c2nnn[nH]2)cc1. The first-order valence-electron chi connectivity index (χ1n) is 13.2. The zero-order valence-corrected chi connectivity index (χ0v) is 22.6. The molecule has 5 rings (SSSR count). The van der Waals surface area contributed by atoms with Gasteiger partial charge in [-0.25, -0.2) is 19.4 Å². The number of aryl methyl sites for hydroxylation is 2. The zero-order chi connectivity index (χ0) is 27.5. The fourth-order valence-electron chi connectivity index (χ4n) is 4.90. The van der Waals surface area contributed by atoms with Crippen LogP contribution in [0.1, 0.15) is 51.2 Å². The molecule has 5 aromatic rings. The van der Waals surface area contributed by atoms with Crippen LogP contribution in [0.3, 0.4) is 0 Å². The van der Waals surface area contributed by atoms with Gasteiger partial charge in [0, 0.05) is 32.2 Å². The third-order valence-electron chi connectivity index (χ3n) is 7.05. The van der Waals surface area contributed by atoms with E-state index in [1.807, 2.05) is 47.9 Å². The molecular formula is C28H32N8O3. The molecule has 3 aromatic heterocycles. The summed E-state index contributed by atoms with van der Waals surface area (Å²) in [5.74, 6) is 1.39. The van der Waals surface area contributed by atoms with Gasteiger partial charge in [-0.1, -0.05) is 61.9 Å². The van der Waals surface area contributed by atoms with Gasteiger partial charge in [-0.2, -0.15) is 0 Å². The fourth-order valence-corrected chi connectivity index (χ4v) is 4.90. The van der Waals surface area contributed by atoms with Crippen molar-refractivity contribution in [3.63, 3.8) is 0 Å². The number of H-pyrrole nitrogens is 1. The molecule has 0 bridgehead atoms. The topological polar surface area (TPSA) is 126 Å². The number of fused-ring (bicyclic) bond motifs is 1. The molecule has 0 fully saturated rings. The number of hydrogen-bond donors (Lipinski definition) is 1. The molecular weight excluding hydrogens is 496 g/mol. The molecule has 2 aromatic carbocycles. The first kappa shape index (κ1) is 26.2. The van der Waals surface area contributed by atoms with Gasteiger partial charge >= 0.3 is 5.69 Å². The van der Waals surface area contributed by atoms with Crippen LogP contribution >= 0.6 is 0 Å². The Labute approximate surface area is 225 Å². The Morgan fingerprint density at radius 3 is 2.38 bits per heavy atom. The molecule has 1 N–H and O–H groups in total. The molecule has 0 radical (unpaired) electrons. The molecule has 0 aliphatic heterocycles. The van der Waals surface area contributed by atoms with E-state index in [0.29, 0.717) is 36.5 Å². The van der Waals surface area contributed by atoms with E-state index in [4.69, 9.17) is 9.72 Å². The van der Waals surface area contributed by atoms with Crippen LogP contribution in [-0.4, -0.2) is 46.4 Å². The largest absolute Gasteiger partial charge is 0.361 e. The molecule has 0 amide bonds. The number of ether oxygens (including phenoxy) is 1. The lowest BCUT2D eigenvalue weighted by Gasteiger charge is -2.16. The number of nitrogens with one attached hydrogen (secondary N) is 1. The number of benzene rings is 2. The number of tetrazole rings is 1. The molecule has 0 aliphatic carbocycles. The summed E-state index contributed by atoms with van der Waals surface area (Å²) in [5, 5.41) is 14.3. The minimum atomic E-state index is -0.700. The average molecular weight is 529 g/mol. The molecule has 0 saturated carbocycles. The number of nitrogens with zero attached hydrogens (tertiary/aromatic N) is 7. The van der Waals surface area contributed by atoms with Gasteiger partial charge in [-0.05, 0) is 47.4 Å². The first-order valence-corrected chi connectivity index (χ1v) is 13.2. The van der Waals surface area contributed by atoms with Crippen molar-refractivity contribution in [2.24, 2.45) is 0 Å². The van der Waals surface area contributed by atoms with Crippen molar-refractivity contribution in [3.8, 4) is 22.5 Å². The highest BCUT2D eigenvalue weighted by Gasteiger charge is 2.23. The maximum absolute atomic E-state index is 13.7. The number of unbranched alkanes of at least 4 members (excludes halogenated alkanes) is 1. The molecule has 11 nitrogen and oxygen atoms in total. The molecule has 0 spiro atoms. The zero-order valence-electron chi connectivity index (χ0n) is 22.6. The van der Waals surface area contributed by atoms with Crippen LogP contribution in [0, 0.1) is 0 Å². The van der Waals surface area contributed by atoms with Crippen molar-refractivity contribution < 1.29 is 4.74 Å². The Balaban J connectivity index is 1.60. The summed E-state index contributed by atoms with van der Waals surface area (Å²) in [5.41, 5.74) is 3.96. The standard InChI is InChI=1S/C28H32N8O3/c1-5-7-12-23-29-26-24(27(37)36(18(3)39-4)28(38)34(26)6-2)35(23)17-19-13-15-20(16-14-19)21-10-8-9-11-22(21)25-30-32-33-31-25/h8-11,13-16,18H,5-7,12,17H2,1-4H3,(H,30,31,32,33). The summed E-state index contributed by atoms with van der Waals surface area (Å²) in [6.07, 6.45) is 1.92. The molecule has 1 atom stereocenters. The second kappa shape index (κ2) is 11.2. The predicted molar refractivity (Wildman–Crippen MR) is 148 cm³/mol. The minimum absolute atomic E-state index is 0.393. The van der Waals surface area contributed by atoms with Crippen LogP contribution in [0.25, 0.3) is 33.7 Å². The lowest BCUT2D eigenvalue weighted by atomic mass is 9.98. The highest BCUT2D eigenvalue weighted by molar-refractivity contribution is 5.80. The predicted octanol–water partition coefficient (Wildman–Crippen LogP) is 3.78. The van der Waals surface area contributed by atoms with Crippen LogP contribution < -0.4 is 11.2 Å². The van der Waals surface area contributed by atoms with Gasteiger partial charge in [0.25, 0.3) is 5.56 Å². The third kappa shape index (κ3) is 4.81. The maximum Gasteiger partial charge on any atom is 0.334 e. The number of aromatic amines is 1. The van der Waals surface area contributed by atoms with Crippen molar-refractivity contribution >= 4 is 11.2 Å². The third-order valence-corrected chi connectivity index (χ3v) is 7.05. The molecule has 202 valence electrons. The van der Waals surface area contributed by atoms with Crippen molar-refractivity contribution in [1.82, 2.24) is 39.3 Å². The summed E-state index contributed by atoms with van der Waals surface area (Å²) in [4.78, 5) is 31.7. The van der Waals surface area contributed by atoms with Gasteiger partial charge in [0.15, 0.2) is 17.0 Å². The summed E-state index contributed by atoms with van der Waals surface area (Å²) in [6, 6.07) is 16.1.